The number of nitrogens with zero attached hydrogens (tertiary/aromatic N) is 2. The fourth-order valence-electron chi connectivity index (χ4n) is 2.22. The molecule has 1 rings (SSSR count). The molecule has 0 aromatic heterocycles. The van der Waals surface area contributed by atoms with Gasteiger partial charge in [-0.3, -0.25) is 4.79 Å². The van der Waals surface area contributed by atoms with Crippen molar-refractivity contribution in [1.82, 2.24) is 9.80 Å². The number of carboxylic acid groups (broad SMARTS) is 1. The topological polar surface area (TPSA) is 60.9 Å². The molecule has 0 bridgehead atoms. The summed E-state index contributed by atoms with van der Waals surface area (Å²) in [7, 11) is 0. The molecule has 0 aliphatic carbocycles. The first-order chi connectivity index (χ1) is 7.52. The zero-order valence-electron chi connectivity index (χ0n) is 10.1. The molecule has 2 unspecified atom stereocenters. The van der Waals surface area contributed by atoms with E-state index in [0.717, 1.165) is 0 Å². The smallest absolute Gasteiger partial charge is 0.320 e. The Morgan fingerprint density at radius 2 is 1.94 bits per heavy atom. The van der Waals surface area contributed by atoms with Crippen LogP contribution in [0, 0.1) is 5.92 Å². The van der Waals surface area contributed by atoms with E-state index in [4.69, 9.17) is 5.11 Å². The molecule has 0 radical (unpaired) electrons. The van der Waals surface area contributed by atoms with E-state index in [1.54, 1.807) is 9.80 Å². The minimum Gasteiger partial charge on any atom is -0.481 e. The Hall–Kier alpha value is -1.26. The maximum Gasteiger partial charge on any atom is 0.320 e. The van der Waals surface area contributed by atoms with Crippen molar-refractivity contribution in [3.05, 3.63) is 0 Å². The first-order valence-electron chi connectivity index (χ1n) is 5.81. The maximum absolute atomic E-state index is 12.0. The van der Waals surface area contributed by atoms with E-state index in [1.165, 1.54) is 0 Å². The average Bonchev–Trinajstić information content (AvgIpc) is 2.61. The number of carbonyl (C=O) groups excluding carboxylic acids is 1. The molecule has 92 valence electrons. The molecule has 1 heterocycles. The Morgan fingerprint density at radius 1 is 1.38 bits per heavy atom. The van der Waals surface area contributed by atoms with Crippen molar-refractivity contribution < 1.29 is 14.7 Å². The lowest BCUT2D eigenvalue weighted by molar-refractivity contribution is -0.142. The van der Waals surface area contributed by atoms with Gasteiger partial charge in [-0.05, 0) is 27.2 Å². The van der Waals surface area contributed by atoms with Gasteiger partial charge >= 0.3 is 12.0 Å². The van der Waals surface area contributed by atoms with Gasteiger partial charge in [0.2, 0.25) is 0 Å². The lowest BCUT2D eigenvalue weighted by Gasteiger charge is -2.29. The van der Waals surface area contributed by atoms with Crippen LogP contribution in [0.4, 0.5) is 4.79 Å². The van der Waals surface area contributed by atoms with Gasteiger partial charge in [0.25, 0.3) is 0 Å². The Labute approximate surface area is 96.0 Å². The summed E-state index contributed by atoms with van der Waals surface area (Å²) < 4.78 is 0. The fraction of sp³-hybridized carbons (Fsp3) is 0.818. The third-order valence-corrected chi connectivity index (χ3v) is 3.35. The second-order valence-corrected chi connectivity index (χ2v) is 4.12. The standard InChI is InChI=1S/C11H20N2O3/c1-4-12(5-2)11(16)13-7-6-9(8(13)3)10(14)15/h8-9H,4-7H2,1-3H3,(H,14,15). The minimum absolute atomic E-state index is 0.0405. The van der Waals surface area contributed by atoms with Crippen LogP contribution in [0.25, 0.3) is 0 Å². The maximum atomic E-state index is 12.0. The van der Waals surface area contributed by atoms with E-state index >= 15 is 0 Å². The molecule has 1 fully saturated rings. The van der Waals surface area contributed by atoms with Crippen molar-refractivity contribution in [3.63, 3.8) is 0 Å². The normalized spacial score (nSPS) is 24.6. The van der Waals surface area contributed by atoms with Gasteiger partial charge in [0.05, 0.1) is 5.92 Å². The van der Waals surface area contributed by atoms with Gasteiger partial charge in [0.15, 0.2) is 0 Å². The van der Waals surface area contributed by atoms with Crippen LogP contribution in [0.15, 0.2) is 0 Å². The highest BCUT2D eigenvalue weighted by molar-refractivity contribution is 5.78. The molecule has 1 aliphatic heterocycles. The monoisotopic (exact) mass is 228 g/mol. The number of hydrogen-bond acceptors (Lipinski definition) is 2. The van der Waals surface area contributed by atoms with Gasteiger partial charge in [-0.25, -0.2) is 4.79 Å². The van der Waals surface area contributed by atoms with E-state index in [1.807, 2.05) is 20.8 Å². The number of rotatable bonds is 3. The van der Waals surface area contributed by atoms with Crippen LogP contribution in [0.5, 0.6) is 0 Å². The molecule has 1 aliphatic rings. The van der Waals surface area contributed by atoms with Crippen molar-refractivity contribution in [1.29, 1.82) is 0 Å². The minimum atomic E-state index is -0.803. The van der Waals surface area contributed by atoms with Crippen molar-refractivity contribution >= 4 is 12.0 Å². The first kappa shape index (κ1) is 12.8. The summed E-state index contributed by atoms with van der Waals surface area (Å²) in [6.07, 6.45) is 0.559. The predicted molar refractivity (Wildman–Crippen MR) is 60.2 cm³/mol. The third-order valence-electron chi connectivity index (χ3n) is 3.35. The number of amides is 2. The first-order valence-corrected chi connectivity index (χ1v) is 5.81. The number of aliphatic carboxylic acids is 1. The molecule has 0 aromatic rings. The van der Waals surface area contributed by atoms with E-state index in [2.05, 4.69) is 0 Å². The summed E-state index contributed by atoms with van der Waals surface area (Å²) in [5, 5.41) is 8.98. The van der Waals surface area contributed by atoms with Crippen LogP contribution < -0.4 is 0 Å². The highest BCUT2D eigenvalue weighted by Crippen LogP contribution is 2.25. The molecule has 2 atom stereocenters. The summed E-state index contributed by atoms with van der Waals surface area (Å²) in [5.74, 6) is -1.22. The lowest BCUT2D eigenvalue weighted by Crippen LogP contribution is -2.46. The molecule has 5 nitrogen and oxygen atoms in total. The van der Waals surface area contributed by atoms with Crippen molar-refractivity contribution in [2.75, 3.05) is 19.6 Å². The van der Waals surface area contributed by atoms with Crippen molar-refractivity contribution in [2.45, 2.75) is 33.2 Å². The summed E-state index contributed by atoms with van der Waals surface area (Å²) >= 11 is 0. The number of likely N-dealkylation sites (tertiary alicyclic amines) is 1. The van der Waals surface area contributed by atoms with Gasteiger partial charge in [-0.2, -0.15) is 0 Å². The Kier molecular flexibility index (Phi) is 4.15. The highest BCUT2D eigenvalue weighted by atomic mass is 16.4. The number of urea groups is 1. The molecule has 2 amide bonds. The Bertz CT molecular complexity index is 276. The summed E-state index contributed by atoms with van der Waals surface area (Å²) in [5.41, 5.74) is 0. The predicted octanol–water partition coefficient (Wildman–Crippen LogP) is 1.24. The van der Waals surface area contributed by atoms with Crippen LogP contribution in [0.3, 0.4) is 0 Å². The molecule has 1 saturated heterocycles. The lowest BCUT2D eigenvalue weighted by atomic mass is 10.0. The zero-order chi connectivity index (χ0) is 12.3. The fourth-order valence-corrected chi connectivity index (χ4v) is 2.22. The second-order valence-electron chi connectivity index (χ2n) is 4.12. The molecular weight excluding hydrogens is 208 g/mol. The molecule has 0 aromatic carbocycles. The zero-order valence-corrected chi connectivity index (χ0v) is 10.1. The molecular formula is C11H20N2O3. The van der Waals surface area contributed by atoms with Gasteiger partial charge in [-0.15, -0.1) is 0 Å². The van der Waals surface area contributed by atoms with Crippen LogP contribution in [-0.4, -0.2) is 52.6 Å². The number of hydrogen-bond donors (Lipinski definition) is 1. The van der Waals surface area contributed by atoms with E-state index in [9.17, 15) is 9.59 Å². The van der Waals surface area contributed by atoms with Gasteiger partial charge < -0.3 is 14.9 Å². The Balaban J connectivity index is 2.69. The average molecular weight is 228 g/mol. The van der Waals surface area contributed by atoms with Crippen LogP contribution >= 0.6 is 0 Å². The molecule has 1 N–H and O–H groups in total. The van der Waals surface area contributed by atoms with Gasteiger partial charge in [0, 0.05) is 25.7 Å². The molecule has 0 spiro atoms. The van der Waals surface area contributed by atoms with E-state index < -0.39 is 11.9 Å². The van der Waals surface area contributed by atoms with Crippen LogP contribution in [0.1, 0.15) is 27.2 Å². The quantitative estimate of drug-likeness (QED) is 0.790. The summed E-state index contributed by atoms with van der Waals surface area (Å²) in [4.78, 5) is 26.4. The highest BCUT2D eigenvalue weighted by Gasteiger charge is 2.39. The van der Waals surface area contributed by atoms with Crippen molar-refractivity contribution in [3.8, 4) is 0 Å². The molecule has 16 heavy (non-hydrogen) atoms. The van der Waals surface area contributed by atoms with Gasteiger partial charge in [0.1, 0.15) is 0 Å². The summed E-state index contributed by atoms with van der Waals surface area (Å²) in [6.45, 7) is 7.54. The summed E-state index contributed by atoms with van der Waals surface area (Å²) in [6, 6.07) is -0.244. The molecule has 5 heteroatoms. The van der Waals surface area contributed by atoms with Crippen LogP contribution in [-0.2, 0) is 4.79 Å². The number of carbonyl (C=O) groups is 2. The second kappa shape index (κ2) is 5.18. The Morgan fingerprint density at radius 3 is 2.31 bits per heavy atom. The SMILES string of the molecule is CCN(CC)C(=O)N1CCC(C(=O)O)C1C. The van der Waals surface area contributed by atoms with Crippen LogP contribution in [0.2, 0.25) is 0 Å². The third kappa shape index (κ3) is 2.28. The van der Waals surface area contributed by atoms with Gasteiger partial charge in [-0.1, -0.05) is 0 Å². The largest absolute Gasteiger partial charge is 0.481 e. The van der Waals surface area contributed by atoms with Crippen molar-refractivity contribution in [2.24, 2.45) is 5.92 Å². The number of carboxylic acids is 1. The molecule has 0 saturated carbocycles. The van der Waals surface area contributed by atoms with E-state index in [-0.39, 0.29) is 12.1 Å². The van der Waals surface area contributed by atoms with E-state index in [0.29, 0.717) is 26.1 Å².